The van der Waals surface area contributed by atoms with Crippen LogP contribution in [0.3, 0.4) is 0 Å². The number of fused-ring (bicyclic) bond motifs is 1. The molecule has 16 heavy (non-hydrogen) atoms. The average molecular weight is 225 g/mol. The summed E-state index contributed by atoms with van der Waals surface area (Å²) < 4.78 is 27.8. The van der Waals surface area contributed by atoms with E-state index in [-0.39, 0.29) is 0 Å². The fraction of sp³-hybridized carbons (Fsp3) is 0.364. The van der Waals surface area contributed by atoms with Crippen LogP contribution in [0.2, 0.25) is 0 Å². The Morgan fingerprint density at radius 2 is 2.00 bits per heavy atom. The van der Waals surface area contributed by atoms with Crippen LogP contribution in [0, 0.1) is 11.6 Å². The van der Waals surface area contributed by atoms with Gasteiger partial charge in [-0.1, -0.05) is 13.3 Å². The van der Waals surface area contributed by atoms with Crippen molar-refractivity contribution in [1.29, 1.82) is 0 Å². The fourth-order valence-electron chi connectivity index (χ4n) is 1.69. The number of anilines is 1. The van der Waals surface area contributed by atoms with Crippen molar-refractivity contribution >= 4 is 17.0 Å². The van der Waals surface area contributed by atoms with Gasteiger partial charge in [0.1, 0.15) is 0 Å². The molecule has 0 radical (unpaired) electrons. The summed E-state index contributed by atoms with van der Waals surface area (Å²) >= 11 is 0. The van der Waals surface area contributed by atoms with E-state index >= 15 is 0 Å². The van der Waals surface area contributed by atoms with Crippen LogP contribution < -0.4 is 5.73 Å². The predicted molar refractivity (Wildman–Crippen MR) is 59.0 cm³/mol. The molecule has 0 saturated carbocycles. The molecule has 0 aliphatic heterocycles. The Hall–Kier alpha value is -1.65. The molecular weight excluding hydrogens is 212 g/mol. The van der Waals surface area contributed by atoms with E-state index in [1.807, 2.05) is 0 Å². The van der Waals surface area contributed by atoms with Crippen molar-refractivity contribution in [2.45, 2.75) is 26.3 Å². The monoisotopic (exact) mass is 225 g/mol. The van der Waals surface area contributed by atoms with Crippen LogP contribution in [0.5, 0.6) is 0 Å². The molecule has 1 aromatic carbocycles. The topological polar surface area (TPSA) is 43.8 Å². The zero-order chi connectivity index (χ0) is 11.7. The Labute approximate surface area is 91.9 Å². The van der Waals surface area contributed by atoms with Gasteiger partial charge < -0.3 is 10.3 Å². The highest BCUT2D eigenvalue weighted by molar-refractivity contribution is 5.78. The molecule has 86 valence electrons. The van der Waals surface area contributed by atoms with E-state index in [4.69, 9.17) is 5.73 Å². The Balaban J connectivity index is 2.55. The molecule has 0 saturated heterocycles. The number of halogens is 2. The lowest BCUT2D eigenvalue weighted by Crippen LogP contribution is -2.03. The van der Waals surface area contributed by atoms with Crippen LogP contribution in [0.4, 0.5) is 14.7 Å². The third kappa shape index (κ3) is 1.73. The molecule has 0 atom stereocenters. The molecule has 0 amide bonds. The van der Waals surface area contributed by atoms with Crippen molar-refractivity contribution in [2.75, 3.05) is 5.73 Å². The van der Waals surface area contributed by atoms with Crippen molar-refractivity contribution < 1.29 is 8.78 Å². The highest BCUT2D eigenvalue weighted by atomic mass is 19.2. The van der Waals surface area contributed by atoms with Gasteiger partial charge in [0.05, 0.1) is 11.0 Å². The normalized spacial score (nSPS) is 11.2. The summed E-state index contributed by atoms with van der Waals surface area (Å²) in [5.74, 6) is -1.47. The molecule has 1 aromatic heterocycles. The van der Waals surface area contributed by atoms with Crippen molar-refractivity contribution in [3.05, 3.63) is 23.8 Å². The number of aromatic nitrogens is 2. The highest BCUT2D eigenvalue weighted by Crippen LogP contribution is 2.21. The summed E-state index contributed by atoms with van der Waals surface area (Å²) in [6.07, 6.45) is 1.93. The summed E-state index contributed by atoms with van der Waals surface area (Å²) in [5, 5.41) is 0. The van der Waals surface area contributed by atoms with E-state index < -0.39 is 11.6 Å². The largest absolute Gasteiger partial charge is 0.369 e. The zero-order valence-electron chi connectivity index (χ0n) is 9.00. The first kappa shape index (κ1) is 10.9. The lowest BCUT2D eigenvalue weighted by atomic mass is 10.3. The zero-order valence-corrected chi connectivity index (χ0v) is 9.00. The maximum absolute atomic E-state index is 13.1. The first-order valence-electron chi connectivity index (χ1n) is 5.24. The smallest absolute Gasteiger partial charge is 0.201 e. The third-order valence-corrected chi connectivity index (χ3v) is 2.56. The Bertz CT molecular complexity index is 519. The number of nitrogens with zero attached hydrogens (tertiary/aromatic N) is 2. The van der Waals surface area contributed by atoms with Crippen LogP contribution in [-0.4, -0.2) is 9.55 Å². The van der Waals surface area contributed by atoms with Gasteiger partial charge in [0, 0.05) is 18.7 Å². The summed E-state index contributed by atoms with van der Waals surface area (Å²) in [6, 6.07) is 2.22. The number of unbranched alkanes of at least 4 members (excludes halogenated alkanes) is 1. The lowest BCUT2D eigenvalue weighted by molar-refractivity contribution is 0.510. The average Bonchev–Trinajstić information content (AvgIpc) is 2.52. The number of hydrogen-bond donors (Lipinski definition) is 1. The number of benzene rings is 1. The molecule has 0 unspecified atom stereocenters. The van der Waals surface area contributed by atoms with Crippen LogP contribution >= 0.6 is 0 Å². The van der Waals surface area contributed by atoms with Gasteiger partial charge in [-0.15, -0.1) is 0 Å². The molecule has 0 bridgehead atoms. The van der Waals surface area contributed by atoms with Gasteiger partial charge in [0.2, 0.25) is 5.95 Å². The summed E-state index contributed by atoms with van der Waals surface area (Å²) in [5.41, 5.74) is 6.64. The SMILES string of the molecule is CCCCn1c(N)nc2cc(F)c(F)cc21. The minimum atomic E-state index is -0.896. The van der Waals surface area contributed by atoms with Crippen LogP contribution in [0.1, 0.15) is 19.8 Å². The van der Waals surface area contributed by atoms with Gasteiger partial charge in [0.25, 0.3) is 0 Å². The molecule has 3 nitrogen and oxygen atoms in total. The van der Waals surface area contributed by atoms with Crippen molar-refractivity contribution in [3.63, 3.8) is 0 Å². The van der Waals surface area contributed by atoms with E-state index in [1.165, 1.54) is 0 Å². The quantitative estimate of drug-likeness (QED) is 0.872. The minimum Gasteiger partial charge on any atom is -0.369 e. The molecule has 2 rings (SSSR count). The van der Waals surface area contributed by atoms with Crippen molar-refractivity contribution in [3.8, 4) is 0 Å². The molecule has 2 aromatic rings. The van der Waals surface area contributed by atoms with Crippen LogP contribution in [0.25, 0.3) is 11.0 Å². The molecule has 5 heteroatoms. The fourth-order valence-corrected chi connectivity index (χ4v) is 1.69. The molecular formula is C11H13F2N3. The molecule has 0 fully saturated rings. The van der Waals surface area contributed by atoms with E-state index in [1.54, 1.807) is 4.57 Å². The number of imidazole rings is 1. The van der Waals surface area contributed by atoms with E-state index in [0.717, 1.165) is 25.0 Å². The summed E-state index contributed by atoms with van der Waals surface area (Å²) in [4.78, 5) is 4.00. The van der Waals surface area contributed by atoms with Gasteiger partial charge in [0.15, 0.2) is 11.6 Å². The van der Waals surface area contributed by atoms with Gasteiger partial charge in [-0.2, -0.15) is 0 Å². The molecule has 0 aliphatic carbocycles. The van der Waals surface area contributed by atoms with Gasteiger partial charge in [-0.3, -0.25) is 0 Å². The van der Waals surface area contributed by atoms with Gasteiger partial charge >= 0.3 is 0 Å². The standard InChI is InChI=1S/C11H13F2N3/c1-2-3-4-16-10-6-8(13)7(12)5-9(10)15-11(16)14/h5-6H,2-4H2,1H3,(H2,14,15). The van der Waals surface area contributed by atoms with Gasteiger partial charge in [-0.25, -0.2) is 13.8 Å². The first-order chi connectivity index (χ1) is 7.63. The Morgan fingerprint density at radius 1 is 1.31 bits per heavy atom. The Kier molecular flexibility index (Phi) is 2.77. The maximum Gasteiger partial charge on any atom is 0.201 e. The second kappa shape index (κ2) is 4.08. The number of rotatable bonds is 3. The first-order valence-corrected chi connectivity index (χ1v) is 5.24. The van der Waals surface area contributed by atoms with E-state index in [9.17, 15) is 8.78 Å². The molecule has 2 N–H and O–H groups in total. The summed E-state index contributed by atoms with van der Waals surface area (Å²) in [7, 11) is 0. The molecule has 0 spiro atoms. The van der Waals surface area contributed by atoms with Crippen molar-refractivity contribution in [1.82, 2.24) is 9.55 Å². The number of hydrogen-bond acceptors (Lipinski definition) is 2. The second-order valence-electron chi connectivity index (χ2n) is 3.73. The maximum atomic E-state index is 13.1. The van der Waals surface area contributed by atoms with Crippen molar-refractivity contribution in [2.24, 2.45) is 0 Å². The summed E-state index contributed by atoms with van der Waals surface area (Å²) in [6.45, 7) is 2.72. The number of aryl methyl sites for hydroxylation is 1. The predicted octanol–water partition coefficient (Wildman–Crippen LogP) is 2.70. The highest BCUT2D eigenvalue weighted by Gasteiger charge is 2.11. The number of nitrogen functional groups attached to an aromatic ring is 1. The molecule has 1 heterocycles. The minimum absolute atomic E-state index is 0.299. The van der Waals surface area contributed by atoms with Gasteiger partial charge in [-0.05, 0) is 6.42 Å². The van der Waals surface area contributed by atoms with Crippen LogP contribution in [-0.2, 0) is 6.54 Å². The molecule has 0 aliphatic rings. The van der Waals surface area contributed by atoms with Crippen LogP contribution in [0.15, 0.2) is 12.1 Å². The number of nitrogens with two attached hydrogens (primary N) is 1. The Morgan fingerprint density at radius 3 is 2.69 bits per heavy atom. The van der Waals surface area contributed by atoms with E-state index in [2.05, 4.69) is 11.9 Å². The second-order valence-corrected chi connectivity index (χ2v) is 3.73. The van der Waals surface area contributed by atoms with E-state index in [0.29, 0.717) is 23.5 Å². The lowest BCUT2D eigenvalue weighted by Gasteiger charge is -2.04. The third-order valence-electron chi connectivity index (χ3n) is 2.56.